The average molecular weight is 295 g/mol. The summed E-state index contributed by atoms with van der Waals surface area (Å²) in [5.41, 5.74) is 4.25. The highest BCUT2D eigenvalue weighted by molar-refractivity contribution is 5.94. The number of ether oxygens (including phenoxy) is 1. The molecule has 0 N–H and O–H groups in total. The van der Waals surface area contributed by atoms with Gasteiger partial charge in [-0.25, -0.2) is 0 Å². The number of hydrogen-bond donors (Lipinski definition) is 0. The van der Waals surface area contributed by atoms with Gasteiger partial charge in [0.25, 0.3) is 5.91 Å². The lowest BCUT2D eigenvalue weighted by Gasteiger charge is -2.33. The summed E-state index contributed by atoms with van der Waals surface area (Å²) in [5.74, 6) is 0.0901. The summed E-state index contributed by atoms with van der Waals surface area (Å²) in [5, 5.41) is 0. The van der Waals surface area contributed by atoms with E-state index in [1.165, 1.54) is 5.56 Å². The largest absolute Gasteiger partial charge is 0.370 e. The summed E-state index contributed by atoms with van der Waals surface area (Å²) in [7, 11) is 0. The number of morpholine rings is 1. The molecule has 1 amide bonds. The Hall–Kier alpha value is -2.13. The molecule has 0 radical (unpaired) electrons. The van der Waals surface area contributed by atoms with Crippen LogP contribution in [0.1, 0.15) is 33.2 Å². The van der Waals surface area contributed by atoms with Crippen molar-refractivity contribution in [2.45, 2.75) is 20.0 Å². The van der Waals surface area contributed by atoms with Crippen LogP contribution in [-0.2, 0) is 4.74 Å². The highest BCUT2D eigenvalue weighted by atomic mass is 16.5. The smallest absolute Gasteiger partial charge is 0.254 e. The Morgan fingerprint density at radius 1 is 1.09 bits per heavy atom. The molecule has 0 saturated carbocycles. The van der Waals surface area contributed by atoms with Crippen LogP contribution in [0, 0.1) is 13.8 Å². The number of rotatable bonds is 2. The highest BCUT2D eigenvalue weighted by Gasteiger charge is 2.26. The van der Waals surface area contributed by atoms with Crippen molar-refractivity contribution >= 4 is 5.91 Å². The molecule has 1 atom stereocenters. The first-order valence-corrected chi connectivity index (χ1v) is 7.68. The van der Waals surface area contributed by atoms with Gasteiger partial charge >= 0.3 is 0 Å². The Morgan fingerprint density at radius 3 is 2.59 bits per heavy atom. The number of amides is 1. The number of nitrogens with zero attached hydrogens (tertiary/aromatic N) is 1. The Bertz CT molecular complexity index is 666. The van der Waals surface area contributed by atoms with Crippen molar-refractivity contribution in [2.75, 3.05) is 19.7 Å². The van der Waals surface area contributed by atoms with E-state index in [9.17, 15) is 4.79 Å². The zero-order valence-corrected chi connectivity index (χ0v) is 13.1. The summed E-state index contributed by atoms with van der Waals surface area (Å²) in [6.07, 6.45) is -0.0366. The van der Waals surface area contributed by atoms with Crippen LogP contribution in [0.5, 0.6) is 0 Å². The zero-order valence-electron chi connectivity index (χ0n) is 13.1. The molecule has 0 aliphatic carbocycles. The van der Waals surface area contributed by atoms with E-state index in [2.05, 4.69) is 19.1 Å². The van der Waals surface area contributed by atoms with Crippen LogP contribution in [0.3, 0.4) is 0 Å². The van der Waals surface area contributed by atoms with E-state index in [-0.39, 0.29) is 12.0 Å². The van der Waals surface area contributed by atoms with Crippen LogP contribution in [0.15, 0.2) is 48.5 Å². The number of hydrogen-bond acceptors (Lipinski definition) is 2. The van der Waals surface area contributed by atoms with Crippen LogP contribution in [0.25, 0.3) is 0 Å². The van der Waals surface area contributed by atoms with Crippen LogP contribution < -0.4 is 0 Å². The molecular formula is C19H21NO2. The van der Waals surface area contributed by atoms with E-state index < -0.39 is 0 Å². The topological polar surface area (TPSA) is 29.5 Å². The summed E-state index contributed by atoms with van der Waals surface area (Å²) in [6.45, 7) is 5.93. The summed E-state index contributed by atoms with van der Waals surface area (Å²) < 4.78 is 5.83. The minimum absolute atomic E-state index is 0.0366. The molecule has 1 heterocycles. The summed E-state index contributed by atoms with van der Waals surface area (Å²) in [4.78, 5) is 14.6. The van der Waals surface area contributed by atoms with Crippen LogP contribution >= 0.6 is 0 Å². The predicted molar refractivity (Wildman–Crippen MR) is 87.0 cm³/mol. The van der Waals surface area contributed by atoms with Crippen LogP contribution in [0.4, 0.5) is 0 Å². The van der Waals surface area contributed by atoms with Crippen molar-refractivity contribution in [1.82, 2.24) is 4.90 Å². The van der Waals surface area contributed by atoms with Crippen molar-refractivity contribution in [2.24, 2.45) is 0 Å². The second-order valence-corrected chi connectivity index (χ2v) is 5.82. The van der Waals surface area contributed by atoms with E-state index in [1.54, 1.807) is 0 Å². The standard InChI is InChI=1S/C19H21NO2/c1-14-8-9-17(12-15(14)2)19(21)20-10-11-22-18(13-20)16-6-4-3-5-7-16/h3-9,12,18H,10-11,13H2,1-2H3. The fourth-order valence-corrected chi connectivity index (χ4v) is 2.76. The molecule has 2 aromatic carbocycles. The lowest BCUT2D eigenvalue weighted by molar-refractivity contribution is -0.0228. The van der Waals surface area contributed by atoms with Gasteiger partial charge in [0.1, 0.15) is 6.10 Å². The zero-order chi connectivity index (χ0) is 15.5. The minimum atomic E-state index is -0.0366. The maximum Gasteiger partial charge on any atom is 0.254 e. The van der Waals surface area contributed by atoms with E-state index in [1.807, 2.05) is 48.2 Å². The normalized spacial score (nSPS) is 18.3. The molecule has 0 aromatic heterocycles. The van der Waals surface area contributed by atoms with Gasteiger partial charge in [-0.15, -0.1) is 0 Å². The third-order valence-corrected chi connectivity index (χ3v) is 4.28. The highest BCUT2D eigenvalue weighted by Crippen LogP contribution is 2.23. The average Bonchev–Trinajstić information content (AvgIpc) is 2.57. The Balaban J connectivity index is 1.76. The molecule has 1 aliphatic heterocycles. The SMILES string of the molecule is Cc1ccc(C(=O)N2CCOC(c3ccccc3)C2)cc1C. The Kier molecular flexibility index (Phi) is 4.25. The van der Waals surface area contributed by atoms with Crippen molar-refractivity contribution in [1.29, 1.82) is 0 Å². The number of benzene rings is 2. The third kappa shape index (κ3) is 3.04. The quantitative estimate of drug-likeness (QED) is 0.848. The van der Waals surface area contributed by atoms with E-state index in [0.29, 0.717) is 19.7 Å². The van der Waals surface area contributed by atoms with E-state index in [4.69, 9.17) is 4.74 Å². The maximum atomic E-state index is 12.7. The predicted octanol–water partition coefficient (Wildman–Crippen LogP) is 3.52. The van der Waals surface area contributed by atoms with E-state index >= 15 is 0 Å². The molecule has 1 unspecified atom stereocenters. The van der Waals surface area contributed by atoms with Gasteiger partial charge < -0.3 is 9.64 Å². The van der Waals surface area contributed by atoms with Crippen molar-refractivity contribution < 1.29 is 9.53 Å². The van der Waals surface area contributed by atoms with Gasteiger partial charge in [0.2, 0.25) is 0 Å². The van der Waals surface area contributed by atoms with Gasteiger partial charge in [0.05, 0.1) is 13.2 Å². The minimum Gasteiger partial charge on any atom is -0.370 e. The Morgan fingerprint density at radius 2 is 1.86 bits per heavy atom. The number of carbonyl (C=O) groups excluding carboxylic acids is 1. The molecule has 2 aromatic rings. The number of aryl methyl sites for hydroxylation is 2. The van der Waals surface area contributed by atoms with Gasteiger partial charge in [0.15, 0.2) is 0 Å². The summed E-state index contributed by atoms with van der Waals surface area (Å²) >= 11 is 0. The molecule has 0 bridgehead atoms. The van der Waals surface area contributed by atoms with E-state index in [0.717, 1.165) is 16.7 Å². The third-order valence-electron chi connectivity index (χ3n) is 4.28. The molecule has 1 fully saturated rings. The molecule has 3 heteroatoms. The van der Waals surface area contributed by atoms with Crippen molar-refractivity contribution in [3.63, 3.8) is 0 Å². The summed E-state index contributed by atoms with van der Waals surface area (Å²) in [6, 6.07) is 16.0. The first-order valence-electron chi connectivity index (χ1n) is 7.68. The van der Waals surface area contributed by atoms with Gasteiger partial charge in [0, 0.05) is 12.1 Å². The molecular weight excluding hydrogens is 274 g/mol. The number of carbonyl (C=O) groups is 1. The second-order valence-electron chi connectivity index (χ2n) is 5.82. The van der Waals surface area contributed by atoms with Gasteiger partial charge in [-0.1, -0.05) is 36.4 Å². The molecule has 22 heavy (non-hydrogen) atoms. The fourth-order valence-electron chi connectivity index (χ4n) is 2.76. The molecule has 1 aliphatic rings. The molecule has 114 valence electrons. The second kappa shape index (κ2) is 6.32. The molecule has 1 saturated heterocycles. The molecule has 3 nitrogen and oxygen atoms in total. The van der Waals surface area contributed by atoms with Gasteiger partial charge in [-0.05, 0) is 42.7 Å². The lowest BCUT2D eigenvalue weighted by Crippen LogP contribution is -2.42. The first-order chi connectivity index (χ1) is 10.6. The van der Waals surface area contributed by atoms with Gasteiger partial charge in [-0.3, -0.25) is 4.79 Å². The molecule has 0 spiro atoms. The lowest BCUT2D eigenvalue weighted by atomic mass is 10.0. The maximum absolute atomic E-state index is 12.7. The first kappa shape index (κ1) is 14.8. The van der Waals surface area contributed by atoms with Crippen LogP contribution in [0.2, 0.25) is 0 Å². The van der Waals surface area contributed by atoms with Gasteiger partial charge in [-0.2, -0.15) is 0 Å². The monoisotopic (exact) mass is 295 g/mol. The molecule has 3 rings (SSSR count). The Labute approximate surface area is 131 Å². The van der Waals surface area contributed by atoms with Crippen molar-refractivity contribution in [3.05, 3.63) is 70.8 Å². The fraction of sp³-hybridized carbons (Fsp3) is 0.316. The van der Waals surface area contributed by atoms with Crippen molar-refractivity contribution in [3.8, 4) is 0 Å². The van der Waals surface area contributed by atoms with Crippen LogP contribution in [-0.4, -0.2) is 30.5 Å².